The second kappa shape index (κ2) is 4.04. The predicted octanol–water partition coefficient (Wildman–Crippen LogP) is 2.29. The molecule has 1 aromatic carbocycles. The number of fused-ring (bicyclic) bond motifs is 1. The number of phenolic OH excluding ortho intramolecular Hbond substituents is 2. The fourth-order valence-corrected chi connectivity index (χ4v) is 2.15. The van der Waals surface area contributed by atoms with Gasteiger partial charge < -0.3 is 14.9 Å². The van der Waals surface area contributed by atoms with Crippen LogP contribution in [0.25, 0.3) is 0 Å². The number of rotatable bonds is 2. The molecule has 4 nitrogen and oxygen atoms in total. The van der Waals surface area contributed by atoms with Crippen LogP contribution in [0.1, 0.15) is 37.7 Å². The molecule has 0 amide bonds. The van der Waals surface area contributed by atoms with Crippen LogP contribution in [0, 0.1) is 0 Å². The van der Waals surface area contributed by atoms with Crippen molar-refractivity contribution in [3.8, 4) is 17.2 Å². The number of aromatic hydroxyl groups is 2. The molecule has 0 bridgehead atoms. The first kappa shape index (κ1) is 10.8. The first-order valence-corrected chi connectivity index (χ1v) is 5.38. The van der Waals surface area contributed by atoms with Crippen LogP contribution in [0.5, 0.6) is 17.2 Å². The minimum Gasteiger partial charge on any atom is -0.508 e. The van der Waals surface area contributed by atoms with Crippen LogP contribution in [-0.2, 0) is 4.79 Å². The Morgan fingerprint density at radius 1 is 1.44 bits per heavy atom. The van der Waals surface area contributed by atoms with Crippen LogP contribution in [0.15, 0.2) is 12.1 Å². The number of hydrogen-bond donors (Lipinski definition) is 2. The first-order chi connectivity index (χ1) is 7.61. The van der Waals surface area contributed by atoms with Crippen LogP contribution in [0.4, 0.5) is 0 Å². The average molecular weight is 222 g/mol. The number of phenols is 2. The van der Waals surface area contributed by atoms with Crippen molar-refractivity contribution in [1.29, 1.82) is 0 Å². The summed E-state index contributed by atoms with van der Waals surface area (Å²) in [5, 5.41) is 19.1. The van der Waals surface area contributed by atoms with E-state index in [0.29, 0.717) is 12.0 Å². The summed E-state index contributed by atoms with van der Waals surface area (Å²) in [6.45, 7) is 2.02. The van der Waals surface area contributed by atoms with E-state index in [1.54, 1.807) is 0 Å². The summed E-state index contributed by atoms with van der Waals surface area (Å²) >= 11 is 0. The largest absolute Gasteiger partial charge is 0.508 e. The third kappa shape index (κ3) is 1.83. The van der Waals surface area contributed by atoms with Gasteiger partial charge >= 0.3 is 5.97 Å². The lowest BCUT2D eigenvalue weighted by Gasteiger charge is -2.25. The van der Waals surface area contributed by atoms with Crippen LogP contribution in [0.3, 0.4) is 0 Å². The second-order valence-electron chi connectivity index (χ2n) is 4.04. The van der Waals surface area contributed by atoms with E-state index in [4.69, 9.17) is 4.74 Å². The summed E-state index contributed by atoms with van der Waals surface area (Å²) in [7, 11) is 0. The van der Waals surface area contributed by atoms with Gasteiger partial charge in [-0.15, -0.1) is 0 Å². The highest BCUT2D eigenvalue weighted by atomic mass is 16.5. The first-order valence-electron chi connectivity index (χ1n) is 5.38. The summed E-state index contributed by atoms with van der Waals surface area (Å²) in [6, 6.07) is 2.65. The maximum atomic E-state index is 11.3. The van der Waals surface area contributed by atoms with Gasteiger partial charge in [0, 0.05) is 23.6 Å². The third-order valence-electron chi connectivity index (χ3n) is 2.79. The van der Waals surface area contributed by atoms with E-state index >= 15 is 0 Å². The van der Waals surface area contributed by atoms with Crippen molar-refractivity contribution in [2.45, 2.75) is 32.1 Å². The minimum atomic E-state index is -0.309. The smallest absolute Gasteiger partial charge is 0.311 e. The Hall–Kier alpha value is -1.71. The predicted molar refractivity (Wildman–Crippen MR) is 57.7 cm³/mol. The standard InChI is InChI=1S/C12H14O4/c1-2-3-7-4-11(15)16-10-6-8(13)5-9(14)12(7)10/h5-7,13-14H,2-4H2,1H3. The molecule has 86 valence electrons. The fourth-order valence-electron chi connectivity index (χ4n) is 2.15. The van der Waals surface area contributed by atoms with Gasteiger partial charge in [-0.3, -0.25) is 4.79 Å². The van der Waals surface area contributed by atoms with Gasteiger partial charge in [0.25, 0.3) is 0 Å². The summed E-state index contributed by atoms with van der Waals surface area (Å²) in [6.07, 6.45) is 2.04. The monoisotopic (exact) mass is 222 g/mol. The molecule has 0 saturated carbocycles. The SMILES string of the molecule is CCCC1CC(=O)Oc2cc(O)cc(O)c21. The van der Waals surface area contributed by atoms with Gasteiger partial charge in [0.05, 0.1) is 6.42 Å². The van der Waals surface area contributed by atoms with Crippen molar-refractivity contribution in [1.82, 2.24) is 0 Å². The molecule has 0 aliphatic carbocycles. The average Bonchev–Trinajstić information content (AvgIpc) is 2.15. The van der Waals surface area contributed by atoms with Gasteiger partial charge in [0.1, 0.15) is 17.2 Å². The Morgan fingerprint density at radius 3 is 2.88 bits per heavy atom. The van der Waals surface area contributed by atoms with Gasteiger partial charge in [-0.25, -0.2) is 0 Å². The maximum absolute atomic E-state index is 11.3. The van der Waals surface area contributed by atoms with E-state index in [1.807, 2.05) is 6.92 Å². The van der Waals surface area contributed by atoms with E-state index < -0.39 is 0 Å². The number of carbonyl (C=O) groups is 1. The molecule has 0 saturated heterocycles. The van der Waals surface area contributed by atoms with Crippen molar-refractivity contribution in [3.63, 3.8) is 0 Å². The highest BCUT2D eigenvalue weighted by molar-refractivity contribution is 5.77. The second-order valence-corrected chi connectivity index (χ2v) is 4.04. The molecule has 4 heteroatoms. The highest BCUT2D eigenvalue weighted by Gasteiger charge is 2.29. The van der Waals surface area contributed by atoms with Crippen molar-refractivity contribution in [3.05, 3.63) is 17.7 Å². The number of esters is 1. The molecule has 1 unspecified atom stereocenters. The minimum absolute atomic E-state index is 0.000880. The topological polar surface area (TPSA) is 66.8 Å². The number of benzene rings is 1. The van der Waals surface area contributed by atoms with E-state index in [-0.39, 0.29) is 29.1 Å². The molecule has 0 fully saturated rings. The maximum Gasteiger partial charge on any atom is 0.311 e. The lowest BCUT2D eigenvalue weighted by atomic mass is 9.88. The summed E-state index contributed by atoms with van der Waals surface area (Å²) in [5.74, 6) is -0.132. The molecule has 1 aliphatic rings. The van der Waals surface area contributed by atoms with Crippen molar-refractivity contribution in [2.75, 3.05) is 0 Å². The Kier molecular flexibility index (Phi) is 2.73. The van der Waals surface area contributed by atoms with Gasteiger partial charge in [-0.2, -0.15) is 0 Å². The van der Waals surface area contributed by atoms with Crippen LogP contribution >= 0.6 is 0 Å². The molecule has 2 rings (SSSR count). The molecular weight excluding hydrogens is 208 g/mol. The van der Waals surface area contributed by atoms with Gasteiger partial charge in [-0.1, -0.05) is 13.3 Å². The Morgan fingerprint density at radius 2 is 2.19 bits per heavy atom. The zero-order valence-corrected chi connectivity index (χ0v) is 9.06. The Balaban J connectivity index is 2.47. The zero-order chi connectivity index (χ0) is 11.7. The van der Waals surface area contributed by atoms with Crippen molar-refractivity contribution >= 4 is 5.97 Å². The normalized spacial score (nSPS) is 19.1. The summed E-state index contributed by atoms with van der Waals surface area (Å²) in [4.78, 5) is 11.3. The fraction of sp³-hybridized carbons (Fsp3) is 0.417. The van der Waals surface area contributed by atoms with Gasteiger partial charge in [0.15, 0.2) is 0 Å². The molecule has 1 aliphatic heterocycles. The van der Waals surface area contributed by atoms with Crippen LogP contribution in [0.2, 0.25) is 0 Å². The van der Waals surface area contributed by atoms with E-state index in [9.17, 15) is 15.0 Å². The molecule has 0 spiro atoms. The van der Waals surface area contributed by atoms with Crippen LogP contribution in [-0.4, -0.2) is 16.2 Å². The molecule has 0 radical (unpaired) electrons. The van der Waals surface area contributed by atoms with Crippen molar-refractivity contribution < 1.29 is 19.7 Å². The quantitative estimate of drug-likeness (QED) is 0.595. The number of ether oxygens (including phenoxy) is 1. The number of carbonyl (C=O) groups excluding carboxylic acids is 1. The molecule has 0 aromatic heterocycles. The lowest BCUT2D eigenvalue weighted by molar-refractivity contribution is -0.136. The van der Waals surface area contributed by atoms with Gasteiger partial charge in [0.2, 0.25) is 0 Å². The van der Waals surface area contributed by atoms with E-state index in [0.717, 1.165) is 12.8 Å². The van der Waals surface area contributed by atoms with E-state index in [1.165, 1.54) is 12.1 Å². The molecule has 16 heavy (non-hydrogen) atoms. The third-order valence-corrected chi connectivity index (χ3v) is 2.79. The van der Waals surface area contributed by atoms with Crippen LogP contribution < -0.4 is 4.74 Å². The summed E-state index contributed by atoms with van der Waals surface area (Å²) in [5.41, 5.74) is 0.638. The number of hydrogen-bond acceptors (Lipinski definition) is 4. The highest BCUT2D eigenvalue weighted by Crippen LogP contribution is 2.44. The molecule has 1 heterocycles. The van der Waals surface area contributed by atoms with E-state index in [2.05, 4.69) is 0 Å². The lowest BCUT2D eigenvalue weighted by Crippen LogP contribution is -2.20. The Bertz CT molecular complexity index is 425. The molecule has 1 atom stereocenters. The zero-order valence-electron chi connectivity index (χ0n) is 9.06. The Labute approximate surface area is 93.5 Å². The molecular formula is C12H14O4. The van der Waals surface area contributed by atoms with Gasteiger partial charge in [-0.05, 0) is 6.42 Å². The summed E-state index contributed by atoms with van der Waals surface area (Å²) < 4.78 is 5.01. The van der Waals surface area contributed by atoms with Crippen molar-refractivity contribution in [2.24, 2.45) is 0 Å². The molecule has 2 N–H and O–H groups in total. The molecule has 1 aromatic rings.